The number of unbranched alkanes of at least 4 members (excludes halogenated alkanes) is 4. The molecule has 26 heavy (non-hydrogen) atoms. The maximum atomic E-state index is 2.66. The average molecular weight is 355 g/mol. The highest BCUT2D eigenvalue weighted by atomic mass is 14.4. The zero-order chi connectivity index (χ0) is 18.2. The zero-order valence-electron chi connectivity index (χ0n) is 17.6. The van der Waals surface area contributed by atoms with Crippen molar-refractivity contribution in [2.24, 2.45) is 5.92 Å². The molecule has 1 aromatic rings. The predicted molar refractivity (Wildman–Crippen MR) is 115 cm³/mol. The van der Waals surface area contributed by atoms with E-state index in [4.69, 9.17) is 0 Å². The molecule has 0 radical (unpaired) electrons. The van der Waals surface area contributed by atoms with Crippen LogP contribution in [-0.4, -0.2) is 0 Å². The minimum absolute atomic E-state index is 0.514. The van der Waals surface area contributed by atoms with Gasteiger partial charge in [-0.1, -0.05) is 96.3 Å². The third kappa shape index (κ3) is 4.93. The van der Waals surface area contributed by atoms with Crippen LogP contribution in [0.4, 0.5) is 0 Å². The molecule has 0 aliphatic heterocycles. The predicted octanol–water partition coefficient (Wildman–Crippen LogP) is 8.15. The molecule has 1 aromatic carbocycles. The Morgan fingerprint density at radius 1 is 0.885 bits per heavy atom. The molecule has 2 aliphatic carbocycles. The Morgan fingerprint density at radius 2 is 1.69 bits per heavy atom. The summed E-state index contributed by atoms with van der Waals surface area (Å²) in [7, 11) is 0. The third-order valence-corrected chi connectivity index (χ3v) is 7.43. The number of hydrogen-bond acceptors (Lipinski definition) is 0. The molecule has 0 nitrogen and oxygen atoms in total. The summed E-state index contributed by atoms with van der Waals surface area (Å²) in [5.74, 6) is 0.953. The van der Waals surface area contributed by atoms with Crippen molar-refractivity contribution < 1.29 is 0 Å². The van der Waals surface area contributed by atoms with Crippen LogP contribution in [-0.2, 0) is 18.3 Å². The van der Waals surface area contributed by atoms with E-state index in [0.717, 1.165) is 5.92 Å². The van der Waals surface area contributed by atoms with Crippen molar-refractivity contribution in [2.75, 3.05) is 0 Å². The standard InChI is InChI=1S/C26H42/c1-3-5-7-9-12-22-13-14-24-21-25(16-15-23(24)20-22)26(17-6-4-2)18-10-8-11-19-26/h15-16,21-22H,3-14,17-20H2,1-2H3. The Labute approximate surface area is 163 Å². The van der Waals surface area contributed by atoms with Gasteiger partial charge in [0, 0.05) is 0 Å². The summed E-state index contributed by atoms with van der Waals surface area (Å²) in [6, 6.07) is 7.73. The number of benzene rings is 1. The number of fused-ring (bicyclic) bond motifs is 1. The van der Waals surface area contributed by atoms with E-state index in [1.54, 1.807) is 16.7 Å². The molecule has 0 saturated heterocycles. The molecular formula is C26H42. The monoisotopic (exact) mass is 354 g/mol. The zero-order valence-corrected chi connectivity index (χ0v) is 17.6. The summed E-state index contributed by atoms with van der Waals surface area (Å²) in [5.41, 5.74) is 5.60. The quantitative estimate of drug-likeness (QED) is 0.392. The maximum Gasteiger partial charge on any atom is -0.00469 e. The van der Waals surface area contributed by atoms with Crippen molar-refractivity contribution in [2.45, 2.75) is 122 Å². The first-order chi connectivity index (χ1) is 12.8. The third-order valence-electron chi connectivity index (χ3n) is 7.43. The van der Waals surface area contributed by atoms with Crippen LogP contribution in [0.2, 0.25) is 0 Å². The van der Waals surface area contributed by atoms with Gasteiger partial charge in [0.25, 0.3) is 0 Å². The highest BCUT2D eigenvalue weighted by Crippen LogP contribution is 2.44. The van der Waals surface area contributed by atoms with Gasteiger partial charge in [-0.05, 0) is 66.5 Å². The Kier molecular flexibility index (Phi) is 7.64. The minimum atomic E-state index is 0.514. The molecule has 1 fully saturated rings. The topological polar surface area (TPSA) is 0 Å². The Morgan fingerprint density at radius 3 is 2.46 bits per heavy atom. The van der Waals surface area contributed by atoms with Gasteiger partial charge >= 0.3 is 0 Å². The second kappa shape index (κ2) is 9.95. The summed E-state index contributed by atoms with van der Waals surface area (Å²) in [6.45, 7) is 4.66. The van der Waals surface area contributed by atoms with E-state index in [0.29, 0.717) is 5.41 Å². The normalized spacial score (nSPS) is 22.2. The van der Waals surface area contributed by atoms with Gasteiger partial charge < -0.3 is 0 Å². The molecule has 0 heteroatoms. The van der Waals surface area contributed by atoms with Crippen LogP contribution in [0.15, 0.2) is 18.2 Å². The fourth-order valence-electron chi connectivity index (χ4n) is 5.69. The summed E-state index contributed by atoms with van der Waals surface area (Å²) in [6.07, 6.45) is 22.6. The molecule has 1 atom stereocenters. The van der Waals surface area contributed by atoms with Crippen LogP contribution in [0.3, 0.4) is 0 Å². The fourth-order valence-corrected chi connectivity index (χ4v) is 5.69. The largest absolute Gasteiger partial charge is 0.0654 e. The number of rotatable bonds is 9. The molecule has 1 saturated carbocycles. The van der Waals surface area contributed by atoms with Crippen molar-refractivity contribution in [3.8, 4) is 0 Å². The van der Waals surface area contributed by atoms with Gasteiger partial charge in [-0.25, -0.2) is 0 Å². The Bertz CT molecular complexity index is 535. The lowest BCUT2D eigenvalue weighted by atomic mass is 9.66. The van der Waals surface area contributed by atoms with Crippen molar-refractivity contribution >= 4 is 0 Å². The van der Waals surface area contributed by atoms with Gasteiger partial charge in [0.15, 0.2) is 0 Å². The van der Waals surface area contributed by atoms with Crippen molar-refractivity contribution in [1.29, 1.82) is 0 Å². The maximum absolute atomic E-state index is 2.66. The smallest absolute Gasteiger partial charge is 0.00469 e. The molecular weight excluding hydrogens is 312 g/mol. The van der Waals surface area contributed by atoms with Crippen LogP contribution in [0, 0.1) is 5.92 Å². The number of aryl methyl sites for hydroxylation is 1. The number of hydrogen-bond donors (Lipinski definition) is 0. The van der Waals surface area contributed by atoms with Crippen molar-refractivity contribution in [3.05, 3.63) is 34.9 Å². The SMILES string of the molecule is CCCCCCC1CCc2cc(C3(CCCC)CCCCC3)ccc2C1. The highest BCUT2D eigenvalue weighted by Gasteiger charge is 2.33. The molecule has 3 rings (SSSR count). The fraction of sp³-hybridized carbons (Fsp3) is 0.769. The summed E-state index contributed by atoms with van der Waals surface area (Å²) >= 11 is 0. The molecule has 1 unspecified atom stereocenters. The van der Waals surface area contributed by atoms with Gasteiger partial charge in [-0.15, -0.1) is 0 Å². The van der Waals surface area contributed by atoms with E-state index in [9.17, 15) is 0 Å². The second-order valence-electron chi connectivity index (χ2n) is 9.39. The van der Waals surface area contributed by atoms with Crippen LogP contribution in [0.1, 0.15) is 120 Å². The van der Waals surface area contributed by atoms with Crippen LogP contribution in [0.25, 0.3) is 0 Å². The first kappa shape index (κ1) is 20.0. The average Bonchev–Trinajstić information content (AvgIpc) is 2.70. The van der Waals surface area contributed by atoms with Crippen molar-refractivity contribution in [3.63, 3.8) is 0 Å². The Balaban J connectivity index is 1.67. The lowest BCUT2D eigenvalue weighted by Gasteiger charge is -2.39. The summed E-state index contributed by atoms with van der Waals surface area (Å²) < 4.78 is 0. The molecule has 0 N–H and O–H groups in total. The van der Waals surface area contributed by atoms with E-state index >= 15 is 0 Å². The lowest BCUT2D eigenvalue weighted by Crippen LogP contribution is -2.29. The van der Waals surface area contributed by atoms with Crippen molar-refractivity contribution in [1.82, 2.24) is 0 Å². The van der Waals surface area contributed by atoms with E-state index in [1.165, 1.54) is 103 Å². The van der Waals surface area contributed by atoms with E-state index in [1.807, 2.05) is 0 Å². The molecule has 146 valence electrons. The molecule has 0 aromatic heterocycles. The summed E-state index contributed by atoms with van der Waals surface area (Å²) in [4.78, 5) is 0. The molecule has 0 spiro atoms. The Hall–Kier alpha value is -0.780. The molecule has 0 heterocycles. The van der Waals surface area contributed by atoms with Gasteiger partial charge in [0.2, 0.25) is 0 Å². The first-order valence-corrected chi connectivity index (χ1v) is 11.9. The van der Waals surface area contributed by atoms with Crippen LogP contribution >= 0.6 is 0 Å². The van der Waals surface area contributed by atoms with Gasteiger partial charge in [0.1, 0.15) is 0 Å². The van der Waals surface area contributed by atoms with Gasteiger partial charge in [-0.2, -0.15) is 0 Å². The van der Waals surface area contributed by atoms with E-state index < -0.39 is 0 Å². The van der Waals surface area contributed by atoms with Crippen LogP contribution in [0.5, 0.6) is 0 Å². The first-order valence-electron chi connectivity index (χ1n) is 11.9. The lowest BCUT2D eigenvalue weighted by molar-refractivity contribution is 0.267. The molecule has 0 amide bonds. The van der Waals surface area contributed by atoms with Gasteiger partial charge in [0.05, 0.1) is 0 Å². The molecule has 0 bridgehead atoms. The van der Waals surface area contributed by atoms with E-state index in [-0.39, 0.29) is 0 Å². The molecule has 2 aliphatic rings. The minimum Gasteiger partial charge on any atom is -0.0654 e. The highest BCUT2D eigenvalue weighted by molar-refractivity contribution is 5.38. The van der Waals surface area contributed by atoms with Crippen LogP contribution < -0.4 is 0 Å². The van der Waals surface area contributed by atoms with Gasteiger partial charge in [-0.3, -0.25) is 0 Å². The second-order valence-corrected chi connectivity index (χ2v) is 9.39. The summed E-state index contributed by atoms with van der Waals surface area (Å²) in [5, 5.41) is 0. The van der Waals surface area contributed by atoms with E-state index in [2.05, 4.69) is 32.0 Å².